The Morgan fingerprint density at radius 2 is 1.63 bits per heavy atom. The number of carbonyl (C=O) groups is 3. The highest BCUT2D eigenvalue weighted by atomic mass is 79.9. The number of hydrogen-bond acceptors (Lipinski definition) is 3. The fourth-order valence-corrected chi connectivity index (χ4v) is 7.28. The number of likely N-dealkylation sites (tertiary alicyclic amines) is 1. The van der Waals surface area contributed by atoms with Gasteiger partial charge in [0.2, 0.25) is 5.91 Å². The lowest BCUT2D eigenvalue weighted by atomic mass is 9.68. The molecule has 1 N–H and O–H groups in total. The molecule has 5 nitrogen and oxygen atoms in total. The van der Waals surface area contributed by atoms with Gasteiger partial charge in [-0.1, -0.05) is 96.9 Å². The highest BCUT2D eigenvalue weighted by Crippen LogP contribution is 2.61. The molecular weight excluding hydrogens is 540 g/mol. The minimum absolute atomic E-state index is 0.0118. The van der Waals surface area contributed by atoms with Gasteiger partial charge in [-0.05, 0) is 42.5 Å². The molecule has 3 aromatic rings. The van der Waals surface area contributed by atoms with Gasteiger partial charge in [0.05, 0.1) is 5.92 Å². The first-order chi connectivity index (χ1) is 18.4. The average Bonchev–Trinajstić information content (AvgIpc) is 3.36. The summed E-state index contributed by atoms with van der Waals surface area (Å²) in [7, 11) is 0. The van der Waals surface area contributed by atoms with Gasteiger partial charge < -0.3 is 10.2 Å². The molecule has 0 aromatic heterocycles. The lowest BCUT2D eigenvalue weighted by Gasteiger charge is -2.43. The van der Waals surface area contributed by atoms with Crippen LogP contribution in [0.5, 0.6) is 0 Å². The van der Waals surface area contributed by atoms with Crippen LogP contribution in [0, 0.1) is 17.8 Å². The van der Waals surface area contributed by atoms with Crippen molar-refractivity contribution >= 4 is 39.2 Å². The SMILES string of the molecule is CC(C)C1C(c2ccccc2)C(C(=O)c2ccccc2)C2(C(=O)Nc3ccc(Br)cc32)N1C(=O)C1CCC1. The molecule has 38 heavy (non-hydrogen) atoms. The number of nitrogens with zero attached hydrogens (tertiary/aromatic N) is 1. The van der Waals surface area contributed by atoms with Crippen molar-refractivity contribution in [2.75, 3.05) is 5.32 Å². The van der Waals surface area contributed by atoms with E-state index in [1.54, 1.807) is 0 Å². The molecule has 1 saturated heterocycles. The topological polar surface area (TPSA) is 66.5 Å². The van der Waals surface area contributed by atoms with Crippen molar-refractivity contribution in [3.8, 4) is 0 Å². The Kier molecular flexibility index (Phi) is 6.26. The summed E-state index contributed by atoms with van der Waals surface area (Å²) in [6.45, 7) is 4.19. The average molecular weight is 572 g/mol. The van der Waals surface area contributed by atoms with Crippen molar-refractivity contribution in [1.82, 2.24) is 4.90 Å². The van der Waals surface area contributed by atoms with E-state index in [-0.39, 0.29) is 41.4 Å². The third-order valence-electron chi connectivity index (χ3n) is 8.74. The van der Waals surface area contributed by atoms with Gasteiger partial charge in [-0.2, -0.15) is 0 Å². The molecule has 4 atom stereocenters. The third kappa shape index (κ3) is 3.60. The van der Waals surface area contributed by atoms with Crippen LogP contribution >= 0.6 is 15.9 Å². The van der Waals surface area contributed by atoms with E-state index in [1.807, 2.05) is 83.8 Å². The minimum Gasteiger partial charge on any atom is -0.323 e. The van der Waals surface area contributed by atoms with Gasteiger partial charge in [0.1, 0.15) is 0 Å². The normalized spacial score (nSPS) is 26.4. The van der Waals surface area contributed by atoms with Gasteiger partial charge in [0.25, 0.3) is 5.91 Å². The molecule has 6 rings (SSSR count). The molecule has 2 amide bonds. The fraction of sp³-hybridized carbons (Fsp3) is 0.344. The molecule has 0 bridgehead atoms. The Balaban J connectivity index is 1.69. The maximum absolute atomic E-state index is 14.7. The lowest BCUT2D eigenvalue weighted by Crippen LogP contribution is -2.58. The van der Waals surface area contributed by atoms with Crippen LogP contribution in [0.25, 0.3) is 0 Å². The van der Waals surface area contributed by atoms with E-state index < -0.39 is 11.5 Å². The minimum atomic E-state index is -1.45. The molecule has 0 radical (unpaired) electrons. The van der Waals surface area contributed by atoms with E-state index in [2.05, 4.69) is 35.1 Å². The van der Waals surface area contributed by atoms with Crippen molar-refractivity contribution in [3.63, 3.8) is 0 Å². The number of carbonyl (C=O) groups excluding carboxylic acids is 3. The maximum atomic E-state index is 14.7. The second-order valence-corrected chi connectivity index (χ2v) is 12.0. The molecule has 6 heteroatoms. The highest BCUT2D eigenvalue weighted by molar-refractivity contribution is 9.10. The lowest BCUT2D eigenvalue weighted by molar-refractivity contribution is -0.152. The number of anilines is 1. The van der Waals surface area contributed by atoms with Crippen LogP contribution in [0.4, 0.5) is 5.69 Å². The van der Waals surface area contributed by atoms with Crippen LogP contribution in [0.1, 0.15) is 60.5 Å². The number of nitrogens with one attached hydrogen (secondary N) is 1. The summed E-state index contributed by atoms with van der Waals surface area (Å²) < 4.78 is 0.804. The van der Waals surface area contributed by atoms with Crippen LogP contribution in [-0.2, 0) is 15.1 Å². The van der Waals surface area contributed by atoms with Gasteiger partial charge in [0.15, 0.2) is 11.3 Å². The monoisotopic (exact) mass is 570 g/mol. The zero-order valence-corrected chi connectivity index (χ0v) is 23.1. The number of Topliss-reactive ketones (excluding diaryl/α,β-unsaturated/α-hetero) is 1. The Bertz CT molecular complexity index is 1400. The van der Waals surface area contributed by atoms with E-state index in [0.717, 1.165) is 29.3 Å². The largest absolute Gasteiger partial charge is 0.323 e. The first-order valence-corrected chi connectivity index (χ1v) is 14.2. The fourth-order valence-electron chi connectivity index (χ4n) is 6.92. The van der Waals surface area contributed by atoms with Gasteiger partial charge in [0, 0.05) is 39.2 Å². The second-order valence-electron chi connectivity index (χ2n) is 11.1. The summed E-state index contributed by atoms with van der Waals surface area (Å²) >= 11 is 3.60. The number of hydrogen-bond donors (Lipinski definition) is 1. The van der Waals surface area contributed by atoms with Gasteiger partial charge in [-0.15, -0.1) is 0 Å². The van der Waals surface area contributed by atoms with E-state index >= 15 is 0 Å². The zero-order chi connectivity index (χ0) is 26.6. The molecule has 1 saturated carbocycles. The number of rotatable bonds is 5. The number of ketones is 1. The van der Waals surface area contributed by atoms with Crippen LogP contribution in [0.15, 0.2) is 83.3 Å². The molecule has 2 aliphatic heterocycles. The highest BCUT2D eigenvalue weighted by Gasteiger charge is 2.70. The molecule has 2 fully saturated rings. The summed E-state index contributed by atoms with van der Waals surface area (Å²) in [6, 6.07) is 24.5. The molecule has 194 valence electrons. The van der Waals surface area contributed by atoms with Crippen LogP contribution < -0.4 is 5.32 Å². The number of benzene rings is 3. The van der Waals surface area contributed by atoms with Crippen molar-refractivity contribution in [2.45, 2.75) is 50.6 Å². The summed E-state index contributed by atoms with van der Waals surface area (Å²) in [5.74, 6) is -1.68. The third-order valence-corrected chi connectivity index (χ3v) is 9.24. The Hall–Kier alpha value is -3.25. The first kappa shape index (κ1) is 25.1. The standard InChI is InChI=1S/C32H31BrN2O3/c1-19(2)28-26(20-10-5-3-6-11-20)27(29(36)21-12-7-4-8-13-21)32(35(28)30(37)22-14-9-15-22)24-18-23(33)16-17-25(24)34-31(32)38/h3-8,10-13,16-19,22,26-28H,9,14-15H2,1-2H3,(H,34,38). The molecule has 2 heterocycles. The predicted molar refractivity (Wildman–Crippen MR) is 151 cm³/mol. The summed E-state index contributed by atoms with van der Waals surface area (Å²) in [5.41, 5.74) is 1.43. The predicted octanol–water partition coefficient (Wildman–Crippen LogP) is 6.55. The van der Waals surface area contributed by atoms with Crippen LogP contribution in [0.2, 0.25) is 0 Å². The Morgan fingerprint density at radius 1 is 0.974 bits per heavy atom. The summed E-state index contributed by atoms with van der Waals surface area (Å²) in [4.78, 5) is 45.4. The first-order valence-electron chi connectivity index (χ1n) is 13.4. The Labute approximate surface area is 231 Å². The maximum Gasteiger partial charge on any atom is 0.255 e. The van der Waals surface area contributed by atoms with Crippen LogP contribution in [-0.4, -0.2) is 28.5 Å². The van der Waals surface area contributed by atoms with E-state index in [4.69, 9.17) is 0 Å². The Morgan fingerprint density at radius 3 is 2.24 bits per heavy atom. The van der Waals surface area contributed by atoms with Crippen molar-refractivity contribution in [1.29, 1.82) is 0 Å². The van der Waals surface area contributed by atoms with Gasteiger partial charge in [-0.3, -0.25) is 14.4 Å². The van der Waals surface area contributed by atoms with Crippen molar-refractivity contribution in [2.24, 2.45) is 17.8 Å². The molecule has 3 aromatic carbocycles. The van der Waals surface area contributed by atoms with Gasteiger partial charge in [-0.25, -0.2) is 0 Å². The van der Waals surface area contributed by atoms with Crippen LogP contribution in [0.3, 0.4) is 0 Å². The second kappa shape index (κ2) is 9.49. The zero-order valence-electron chi connectivity index (χ0n) is 21.6. The summed E-state index contributed by atoms with van der Waals surface area (Å²) in [6.07, 6.45) is 2.64. The molecule has 4 unspecified atom stereocenters. The molecule has 3 aliphatic rings. The number of amides is 2. The van der Waals surface area contributed by atoms with Gasteiger partial charge >= 0.3 is 0 Å². The quantitative estimate of drug-likeness (QED) is 0.354. The number of fused-ring (bicyclic) bond motifs is 2. The molecule has 1 aliphatic carbocycles. The van der Waals surface area contributed by atoms with E-state index in [9.17, 15) is 14.4 Å². The van der Waals surface area contributed by atoms with Crippen molar-refractivity contribution in [3.05, 3.63) is 100 Å². The van der Waals surface area contributed by atoms with E-state index in [0.29, 0.717) is 16.8 Å². The van der Waals surface area contributed by atoms with E-state index in [1.165, 1.54) is 0 Å². The smallest absolute Gasteiger partial charge is 0.255 e. The molecule has 1 spiro atoms. The molecular formula is C32H31BrN2O3. The van der Waals surface area contributed by atoms with Crippen molar-refractivity contribution < 1.29 is 14.4 Å². The summed E-state index contributed by atoms with van der Waals surface area (Å²) in [5, 5.41) is 3.08. The number of halogens is 1.